The normalized spacial score (nSPS) is 59.9. The Morgan fingerprint density at radius 1 is 0.946 bits per heavy atom. The van der Waals surface area contributed by atoms with Crippen molar-refractivity contribution < 1.29 is 34.3 Å². The Balaban J connectivity index is 1.31. The molecule has 4 aliphatic carbocycles. The number of aliphatic hydroxyl groups excluding tert-OH is 2. The highest BCUT2D eigenvalue weighted by molar-refractivity contribution is 5.66. The minimum Gasteiger partial charge on any atom is -0.460 e. The summed E-state index contributed by atoms with van der Waals surface area (Å²) in [5, 5.41) is 34.9. The van der Waals surface area contributed by atoms with Crippen LogP contribution in [0.15, 0.2) is 0 Å². The van der Waals surface area contributed by atoms with Crippen LogP contribution in [0.3, 0.4) is 0 Å². The quantitative estimate of drug-likeness (QED) is 0.452. The number of ether oxygens (including phenoxy) is 3. The molecule has 3 N–H and O–H groups in total. The maximum Gasteiger partial charge on any atom is 0.302 e. The summed E-state index contributed by atoms with van der Waals surface area (Å²) in [6, 6.07) is 0. The molecule has 6 aliphatic rings. The van der Waals surface area contributed by atoms with Crippen molar-refractivity contribution in [2.45, 2.75) is 135 Å². The van der Waals surface area contributed by atoms with Gasteiger partial charge in [0.05, 0.1) is 23.9 Å². The molecule has 0 unspecified atom stereocenters. The largest absolute Gasteiger partial charge is 0.460 e. The summed E-state index contributed by atoms with van der Waals surface area (Å²) in [6.07, 6.45) is 3.63. The number of esters is 1. The number of carbonyl (C=O) groups is 1. The maximum absolute atomic E-state index is 12.2. The molecule has 0 aromatic rings. The highest BCUT2D eigenvalue weighted by Gasteiger charge is 2.77. The van der Waals surface area contributed by atoms with Gasteiger partial charge in [-0.05, 0) is 99.7 Å². The van der Waals surface area contributed by atoms with Gasteiger partial charge in [0.25, 0.3) is 0 Å². The van der Waals surface area contributed by atoms with Crippen LogP contribution in [0.2, 0.25) is 0 Å². The fraction of sp³-hybridized carbons (Fsp3) is 0.967. The van der Waals surface area contributed by atoms with E-state index in [1.807, 2.05) is 6.92 Å². The van der Waals surface area contributed by atoms with E-state index >= 15 is 0 Å². The minimum atomic E-state index is -1.15. The second-order valence-corrected chi connectivity index (χ2v) is 15.1. The van der Waals surface area contributed by atoms with E-state index in [1.165, 1.54) is 6.92 Å². The van der Waals surface area contributed by atoms with Crippen LogP contribution in [0.5, 0.6) is 0 Å². The third kappa shape index (κ3) is 3.39. The Hall–Kier alpha value is -0.730. The highest BCUT2D eigenvalue weighted by Crippen LogP contribution is 2.72. The van der Waals surface area contributed by atoms with Crippen molar-refractivity contribution in [3.8, 4) is 0 Å². The number of fused-ring (bicyclic) bond motifs is 7. The molecule has 7 heteroatoms. The molecular weight excluding hydrogens is 472 g/mol. The van der Waals surface area contributed by atoms with E-state index in [-0.39, 0.29) is 46.3 Å². The second kappa shape index (κ2) is 7.93. The van der Waals surface area contributed by atoms with Crippen molar-refractivity contribution in [3.63, 3.8) is 0 Å². The van der Waals surface area contributed by atoms with Crippen LogP contribution in [-0.2, 0) is 19.0 Å². The Morgan fingerprint density at radius 2 is 1.65 bits per heavy atom. The molecule has 1 spiro atoms. The van der Waals surface area contributed by atoms with Crippen LogP contribution < -0.4 is 0 Å². The maximum atomic E-state index is 12.2. The molecule has 14 atom stereocenters. The summed E-state index contributed by atoms with van der Waals surface area (Å²) < 4.78 is 18.9. The zero-order valence-electron chi connectivity index (χ0n) is 23.7. The third-order valence-electron chi connectivity index (χ3n) is 12.8. The van der Waals surface area contributed by atoms with E-state index in [2.05, 4.69) is 34.6 Å². The molecule has 2 aliphatic heterocycles. The molecule has 2 heterocycles. The molecule has 7 nitrogen and oxygen atoms in total. The first-order chi connectivity index (χ1) is 17.1. The summed E-state index contributed by atoms with van der Waals surface area (Å²) >= 11 is 0. The predicted octanol–water partition coefficient (Wildman–Crippen LogP) is 3.81. The molecule has 4 saturated carbocycles. The van der Waals surface area contributed by atoms with Crippen LogP contribution in [0.4, 0.5) is 0 Å². The van der Waals surface area contributed by atoms with Gasteiger partial charge in [0, 0.05) is 19.3 Å². The van der Waals surface area contributed by atoms with E-state index in [4.69, 9.17) is 14.2 Å². The van der Waals surface area contributed by atoms with Gasteiger partial charge in [-0.1, -0.05) is 20.8 Å². The van der Waals surface area contributed by atoms with E-state index in [0.717, 1.165) is 19.3 Å². The lowest BCUT2D eigenvalue weighted by Gasteiger charge is -2.63. The van der Waals surface area contributed by atoms with Gasteiger partial charge in [-0.3, -0.25) is 4.79 Å². The molecule has 6 fully saturated rings. The van der Waals surface area contributed by atoms with Gasteiger partial charge >= 0.3 is 5.97 Å². The van der Waals surface area contributed by atoms with E-state index < -0.39 is 29.7 Å². The molecular formula is C30H48O7. The first kappa shape index (κ1) is 26.5. The first-order valence-electron chi connectivity index (χ1n) is 14.7. The van der Waals surface area contributed by atoms with E-state index in [0.29, 0.717) is 43.4 Å². The Bertz CT molecular complexity index is 964. The molecule has 0 bridgehead atoms. The van der Waals surface area contributed by atoms with Gasteiger partial charge in [-0.15, -0.1) is 0 Å². The smallest absolute Gasteiger partial charge is 0.302 e. The Morgan fingerprint density at radius 3 is 2.27 bits per heavy atom. The predicted molar refractivity (Wildman–Crippen MR) is 136 cm³/mol. The number of hydrogen-bond donors (Lipinski definition) is 3. The van der Waals surface area contributed by atoms with Crippen molar-refractivity contribution in [2.24, 2.45) is 46.3 Å². The second-order valence-electron chi connectivity index (χ2n) is 15.1. The monoisotopic (exact) mass is 520 g/mol. The summed E-state index contributed by atoms with van der Waals surface area (Å²) in [6.45, 7) is 14.2. The van der Waals surface area contributed by atoms with Crippen LogP contribution in [0.25, 0.3) is 0 Å². The zero-order chi connectivity index (χ0) is 26.9. The molecule has 0 aromatic carbocycles. The van der Waals surface area contributed by atoms with Gasteiger partial charge in [0.1, 0.15) is 11.7 Å². The van der Waals surface area contributed by atoms with Crippen molar-refractivity contribution in [1.29, 1.82) is 0 Å². The average Bonchev–Trinajstić information content (AvgIpc) is 3.26. The number of rotatable bonds is 1. The fourth-order valence-electron chi connectivity index (χ4n) is 11.0. The first-order valence-corrected chi connectivity index (χ1v) is 14.7. The van der Waals surface area contributed by atoms with Gasteiger partial charge < -0.3 is 29.5 Å². The number of carbonyl (C=O) groups excluding carboxylic acids is 1. The van der Waals surface area contributed by atoms with Crippen LogP contribution in [0.1, 0.15) is 93.4 Å². The molecule has 210 valence electrons. The molecule has 6 rings (SSSR count). The van der Waals surface area contributed by atoms with Crippen LogP contribution >= 0.6 is 0 Å². The van der Waals surface area contributed by atoms with Gasteiger partial charge in [-0.25, -0.2) is 0 Å². The molecule has 0 radical (unpaired) electrons. The lowest BCUT2D eigenvalue weighted by molar-refractivity contribution is -0.300. The average molecular weight is 521 g/mol. The van der Waals surface area contributed by atoms with Gasteiger partial charge in [-0.2, -0.15) is 0 Å². The third-order valence-corrected chi connectivity index (χ3v) is 12.8. The number of hydrogen-bond acceptors (Lipinski definition) is 7. The van der Waals surface area contributed by atoms with Crippen molar-refractivity contribution in [1.82, 2.24) is 0 Å². The lowest BCUT2D eigenvalue weighted by Crippen LogP contribution is -2.63. The standard InChI is InChI=1S/C30H48O7/c1-15-12-30(37-26(15,3)4)29(7,34)25-22(36-30)11-19-18-9-8-17-10-20(32)23(35-16(2)31)14-27(17,5)24(18)21(33)13-28(19,25)6/h15,17-25,32-34H,8-14H2,1-7H3/t15-,17-,18-,19-,20-,21-,22-,23+,24+,25-,27-,28-,29-,30-/m0/s1. The summed E-state index contributed by atoms with van der Waals surface area (Å²) in [7, 11) is 0. The van der Waals surface area contributed by atoms with Crippen LogP contribution in [-0.4, -0.2) is 62.7 Å². The summed E-state index contributed by atoms with van der Waals surface area (Å²) in [4.78, 5) is 11.8. The van der Waals surface area contributed by atoms with Crippen LogP contribution in [0, 0.1) is 46.3 Å². The van der Waals surface area contributed by atoms with Gasteiger partial charge in [0.2, 0.25) is 0 Å². The molecule has 0 aromatic heterocycles. The van der Waals surface area contributed by atoms with Gasteiger partial charge in [0.15, 0.2) is 5.79 Å². The van der Waals surface area contributed by atoms with Crippen molar-refractivity contribution in [3.05, 3.63) is 0 Å². The zero-order valence-corrected chi connectivity index (χ0v) is 23.7. The fourth-order valence-corrected chi connectivity index (χ4v) is 11.0. The van der Waals surface area contributed by atoms with E-state index in [1.54, 1.807) is 0 Å². The molecule has 2 saturated heterocycles. The highest BCUT2D eigenvalue weighted by atomic mass is 16.7. The molecule has 0 amide bonds. The SMILES string of the molecule is CC(=O)O[C@@H]1C[C@@]2(C)[C@@H](CC[C@@H]3[C@@H]2[C@@H](O)C[C@@]2(C)[C@H]3C[C@@H]3O[C@]4(C[C@H](C)C(C)(C)O4)[C@@](C)(O)[C@@H]32)C[C@@H]1O. The Kier molecular flexibility index (Phi) is 5.68. The topological polar surface area (TPSA) is 105 Å². The molecule has 37 heavy (non-hydrogen) atoms. The lowest BCUT2D eigenvalue weighted by atomic mass is 9.43. The minimum absolute atomic E-state index is 0.0781. The Labute approximate surface area is 221 Å². The van der Waals surface area contributed by atoms with E-state index in [9.17, 15) is 20.1 Å². The van der Waals surface area contributed by atoms with Crippen molar-refractivity contribution >= 4 is 5.97 Å². The summed E-state index contributed by atoms with van der Waals surface area (Å²) in [5.41, 5.74) is -1.98. The number of aliphatic hydroxyl groups is 3. The summed E-state index contributed by atoms with van der Waals surface area (Å²) in [5.74, 6) is -0.172. The van der Waals surface area contributed by atoms with Crippen molar-refractivity contribution in [2.75, 3.05) is 0 Å².